The summed E-state index contributed by atoms with van der Waals surface area (Å²) in [4.78, 5) is 26.5. The van der Waals surface area contributed by atoms with Crippen LogP contribution < -0.4 is 5.32 Å². The van der Waals surface area contributed by atoms with Gasteiger partial charge in [-0.2, -0.15) is 0 Å². The lowest BCUT2D eigenvalue weighted by molar-refractivity contribution is -0.136. The van der Waals surface area contributed by atoms with E-state index < -0.39 is 17.6 Å². The average molecular weight is 411 g/mol. The van der Waals surface area contributed by atoms with Crippen LogP contribution in [0.3, 0.4) is 0 Å². The third kappa shape index (κ3) is 3.30. The van der Waals surface area contributed by atoms with Crippen LogP contribution in [-0.2, 0) is 22.6 Å². The Hall–Kier alpha value is -4.01. The molecule has 0 saturated heterocycles. The molecular weight excluding hydrogens is 396 g/mol. The second kappa shape index (κ2) is 7.43. The number of anilines is 1. The molecule has 0 aliphatic rings. The molecule has 0 unspecified atom stereocenters. The van der Waals surface area contributed by atoms with Crippen LogP contribution in [0.25, 0.3) is 21.8 Å². The normalized spacial score (nSPS) is 11.1. The molecular formula is C21H15F2N3O4. The maximum atomic E-state index is 13.7. The number of carboxylic acids is 1. The molecule has 3 N–H and O–H groups in total. The Balaban J connectivity index is 2.05. The van der Waals surface area contributed by atoms with E-state index in [1.165, 1.54) is 24.5 Å². The molecule has 7 nitrogen and oxygen atoms in total. The molecule has 0 aliphatic heterocycles. The molecule has 9 heteroatoms. The summed E-state index contributed by atoms with van der Waals surface area (Å²) in [6.45, 7) is 0.0542. The number of rotatable bonds is 6. The molecule has 2 aromatic heterocycles. The number of pyridine rings is 1. The number of hydrogen-bond acceptors (Lipinski definition) is 4. The van der Waals surface area contributed by atoms with Gasteiger partial charge in [0.15, 0.2) is 0 Å². The summed E-state index contributed by atoms with van der Waals surface area (Å²) in [7, 11) is 0. The number of aromatic nitrogens is 2. The van der Waals surface area contributed by atoms with Crippen molar-refractivity contribution in [3.8, 4) is 5.75 Å². The predicted molar refractivity (Wildman–Crippen MR) is 105 cm³/mol. The number of carbonyl (C=O) groups is 2. The first-order valence-corrected chi connectivity index (χ1v) is 8.86. The lowest BCUT2D eigenvalue weighted by Crippen LogP contribution is -2.06. The Bertz CT molecular complexity index is 1300. The van der Waals surface area contributed by atoms with Gasteiger partial charge in [0.2, 0.25) is 6.41 Å². The van der Waals surface area contributed by atoms with Gasteiger partial charge in [-0.3, -0.25) is 14.6 Å². The van der Waals surface area contributed by atoms with E-state index in [0.717, 1.165) is 6.07 Å². The Morgan fingerprint density at radius 3 is 2.50 bits per heavy atom. The van der Waals surface area contributed by atoms with Crippen LogP contribution in [0.2, 0.25) is 0 Å². The molecule has 1 amide bonds. The minimum Gasteiger partial charge on any atom is -0.506 e. The standard InChI is InChI=1S/C21H15F2N3O4/c22-13-3-11(4-14(23)6-13)9-26-15-2-1-12(5-18(29)30)21(25-10-27)20(15)19-16(26)7-24-8-17(19)28/h1-4,6-8,10,28H,5,9H2,(H,25,27)(H,29,30). The Morgan fingerprint density at radius 2 is 1.83 bits per heavy atom. The van der Waals surface area contributed by atoms with Crippen LogP contribution in [0.5, 0.6) is 5.75 Å². The first kappa shape index (κ1) is 19.3. The number of aliphatic carboxylic acids is 1. The zero-order chi connectivity index (χ0) is 21.4. The number of carbonyl (C=O) groups excluding carboxylic acids is 1. The highest BCUT2D eigenvalue weighted by Crippen LogP contribution is 2.40. The van der Waals surface area contributed by atoms with Crippen molar-refractivity contribution in [2.24, 2.45) is 0 Å². The van der Waals surface area contributed by atoms with E-state index in [2.05, 4.69) is 10.3 Å². The van der Waals surface area contributed by atoms with Crippen LogP contribution in [-0.4, -0.2) is 32.1 Å². The fourth-order valence-corrected chi connectivity index (χ4v) is 3.73. The molecule has 0 aliphatic carbocycles. The number of nitrogens with zero attached hydrogens (tertiary/aromatic N) is 2. The SMILES string of the molecule is O=CNc1c(CC(=O)O)ccc2c1c1c(O)cncc1n2Cc1cc(F)cc(F)c1. The van der Waals surface area contributed by atoms with Gasteiger partial charge in [0.1, 0.15) is 17.4 Å². The second-order valence-electron chi connectivity index (χ2n) is 6.74. The van der Waals surface area contributed by atoms with E-state index in [4.69, 9.17) is 0 Å². The number of benzene rings is 2. The molecule has 0 saturated carbocycles. The minimum atomic E-state index is -1.09. The maximum Gasteiger partial charge on any atom is 0.307 e. The largest absolute Gasteiger partial charge is 0.506 e. The fraction of sp³-hybridized carbons (Fsp3) is 0.0952. The minimum absolute atomic E-state index is 0.0542. The molecule has 0 radical (unpaired) electrons. The Labute approximate surface area is 168 Å². The smallest absolute Gasteiger partial charge is 0.307 e. The van der Waals surface area contributed by atoms with Crippen molar-refractivity contribution >= 4 is 39.9 Å². The van der Waals surface area contributed by atoms with E-state index >= 15 is 0 Å². The zero-order valence-corrected chi connectivity index (χ0v) is 15.4. The van der Waals surface area contributed by atoms with E-state index in [0.29, 0.717) is 39.3 Å². The topological polar surface area (TPSA) is 104 Å². The quantitative estimate of drug-likeness (QED) is 0.422. The summed E-state index contributed by atoms with van der Waals surface area (Å²) in [5, 5.41) is 23.0. The molecule has 2 heterocycles. The fourth-order valence-electron chi connectivity index (χ4n) is 3.73. The molecule has 0 atom stereocenters. The van der Waals surface area contributed by atoms with Crippen LogP contribution in [0.4, 0.5) is 14.5 Å². The van der Waals surface area contributed by atoms with E-state index in [-0.39, 0.29) is 24.4 Å². The van der Waals surface area contributed by atoms with Gasteiger partial charge in [-0.15, -0.1) is 0 Å². The van der Waals surface area contributed by atoms with Gasteiger partial charge in [-0.25, -0.2) is 8.78 Å². The molecule has 0 spiro atoms. The number of aromatic hydroxyl groups is 1. The summed E-state index contributed by atoms with van der Waals surface area (Å²) in [6, 6.07) is 6.35. The number of nitrogens with one attached hydrogen (secondary N) is 1. The van der Waals surface area contributed by atoms with Crippen molar-refractivity contribution < 1.29 is 28.6 Å². The van der Waals surface area contributed by atoms with E-state index in [1.807, 2.05) is 0 Å². The summed E-state index contributed by atoms with van der Waals surface area (Å²) < 4.78 is 29.0. The highest BCUT2D eigenvalue weighted by atomic mass is 19.1. The zero-order valence-electron chi connectivity index (χ0n) is 15.4. The van der Waals surface area contributed by atoms with Gasteiger partial charge < -0.3 is 20.1 Å². The number of fused-ring (bicyclic) bond motifs is 3. The van der Waals surface area contributed by atoms with Crippen molar-refractivity contribution in [1.82, 2.24) is 9.55 Å². The Kier molecular flexibility index (Phi) is 4.78. The number of amides is 1. The summed E-state index contributed by atoms with van der Waals surface area (Å²) in [5.41, 5.74) is 1.90. The van der Waals surface area contributed by atoms with Gasteiger partial charge in [-0.05, 0) is 29.3 Å². The first-order chi connectivity index (χ1) is 14.4. The predicted octanol–water partition coefficient (Wildman–Crippen LogP) is 3.42. The third-order valence-corrected chi connectivity index (χ3v) is 4.82. The van der Waals surface area contributed by atoms with Gasteiger partial charge in [0.25, 0.3) is 0 Å². The lowest BCUT2D eigenvalue weighted by Gasteiger charge is -2.11. The average Bonchev–Trinajstić information content (AvgIpc) is 2.98. The monoisotopic (exact) mass is 411 g/mol. The third-order valence-electron chi connectivity index (χ3n) is 4.82. The molecule has 4 rings (SSSR count). The molecule has 152 valence electrons. The number of hydrogen-bond donors (Lipinski definition) is 3. The molecule has 4 aromatic rings. The second-order valence-corrected chi connectivity index (χ2v) is 6.74. The molecule has 0 fully saturated rings. The van der Waals surface area contributed by atoms with Crippen LogP contribution in [0, 0.1) is 11.6 Å². The van der Waals surface area contributed by atoms with E-state index in [9.17, 15) is 28.6 Å². The summed E-state index contributed by atoms with van der Waals surface area (Å²) in [5.74, 6) is -2.71. The highest BCUT2D eigenvalue weighted by Gasteiger charge is 2.21. The van der Waals surface area contributed by atoms with Crippen molar-refractivity contribution in [2.45, 2.75) is 13.0 Å². The first-order valence-electron chi connectivity index (χ1n) is 8.86. The number of halogens is 2. The molecule has 30 heavy (non-hydrogen) atoms. The lowest BCUT2D eigenvalue weighted by atomic mass is 10.0. The van der Waals surface area contributed by atoms with Crippen molar-refractivity contribution in [3.05, 3.63) is 65.5 Å². The van der Waals surface area contributed by atoms with Gasteiger partial charge in [0.05, 0.1) is 40.9 Å². The van der Waals surface area contributed by atoms with Crippen molar-refractivity contribution in [3.63, 3.8) is 0 Å². The maximum absolute atomic E-state index is 13.7. The number of carboxylic acid groups (broad SMARTS) is 1. The van der Waals surface area contributed by atoms with Crippen LogP contribution >= 0.6 is 0 Å². The Morgan fingerprint density at radius 1 is 1.10 bits per heavy atom. The van der Waals surface area contributed by atoms with Crippen molar-refractivity contribution in [1.29, 1.82) is 0 Å². The van der Waals surface area contributed by atoms with Crippen molar-refractivity contribution in [2.75, 3.05) is 5.32 Å². The van der Waals surface area contributed by atoms with Gasteiger partial charge in [-0.1, -0.05) is 6.07 Å². The summed E-state index contributed by atoms with van der Waals surface area (Å²) >= 11 is 0. The molecule has 0 bridgehead atoms. The molecule has 2 aromatic carbocycles. The van der Waals surface area contributed by atoms with Crippen LogP contribution in [0.1, 0.15) is 11.1 Å². The van der Waals surface area contributed by atoms with Gasteiger partial charge in [0, 0.05) is 18.0 Å². The van der Waals surface area contributed by atoms with Gasteiger partial charge >= 0.3 is 5.97 Å². The van der Waals surface area contributed by atoms with Crippen LogP contribution in [0.15, 0.2) is 42.7 Å². The summed E-state index contributed by atoms with van der Waals surface area (Å²) in [6.07, 6.45) is 2.78. The highest BCUT2D eigenvalue weighted by molar-refractivity contribution is 6.18. The van der Waals surface area contributed by atoms with E-state index in [1.54, 1.807) is 16.7 Å².